The van der Waals surface area contributed by atoms with Crippen LogP contribution in [0.3, 0.4) is 0 Å². The van der Waals surface area contributed by atoms with Crippen LogP contribution in [0, 0.1) is 23.2 Å². The van der Waals surface area contributed by atoms with Crippen LogP contribution in [0.1, 0.15) is 52.4 Å². The Labute approximate surface area is 99.3 Å². The summed E-state index contributed by atoms with van der Waals surface area (Å²) in [6, 6.07) is 0. The first-order chi connectivity index (χ1) is 7.59. The van der Waals surface area contributed by atoms with Gasteiger partial charge >= 0.3 is 0 Å². The van der Waals surface area contributed by atoms with Gasteiger partial charge in [-0.05, 0) is 55.3 Å². The Morgan fingerprint density at radius 1 is 1.56 bits per heavy atom. The quantitative estimate of drug-likeness (QED) is 0.519. The molecule has 0 amide bonds. The van der Waals surface area contributed by atoms with Gasteiger partial charge < -0.3 is 4.79 Å². The van der Waals surface area contributed by atoms with Crippen LogP contribution in [0.4, 0.5) is 0 Å². The zero-order valence-corrected chi connectivity index (χ0v) is 10.7. The highest BCUT2D eigenvalue weighted by Gasteiger charge is 2.50. The van der Waals surface area contributed by atoms with E-state index in [0.717, 1.165) is 24.5 Å². The molecular weight excluding hydrogens is 196 g/mol. The van der Waals surface area contributed by atoms with Gasteiger partial charge in [-0.15, -0.1) is 0 Å². The third-order valence-electron chi connectivity index (χ3n) is 5.27. The van der Waals surface area contributed by atoms with Crippen LogP contribution in [-0.4, -0.2) is 6.29 Å². The lowest BCUT2D eigenvalue weighted by atomic mass is 9.61. The van der Waals surface area contributed by atoms with E-state index in [-0.39, 0.29) is 0 Å². The zero-order valence-electron chi connectivity index (χ0n) is 10.7. The average molecular weight is 220 g/mol. The van der Waals surface area contributed by atoms with Crippen molar-refractivity contribution in [2.45, 2.75) is 52.4 Å². The maximum absolute atomic E-state index is 10.7. The fourth-order valence-corrected chi connectivity index (χ4v) is 4.42. The first kappa shape index (κ1) is 11.9. The Morgan fingerprint density at radius 3 is 3.00 bits per heavy atom. The predicted molar refractivity (Wildman–Crippen MR) is 67.2 cm³/mol. The molecule has 2 saturated carbocycles. The minimum Gasteiger partial charge on any atom is -0.303 e. The molecule has 0 radical (unpaired) electrons. The van der Waals surface area contributed by atoms with Crippen molar-refractivity contribution < 1.29 is 4.79 Å². The summed E-state index contributed by atoms with van der Waals surface area (Å²) in [5.74, 6) is 2.03. The molecule has 0 aliphatic heterocycles. The average Bonchev–Trinajstić information content (AvgIpc) is 2.57. The number of hydrogen-bond donors (Lipinski definition) is 0. The van der Waals surface area contributed by atoms with E-state index in [9.17, 15) is 4.79 Å². The van der Waals surface area contributed by atoms with E-state index >= 15 is 0 Å². The maximum atomic E-state index is 10.7. The number of carbonyl (C=O) groups excluding carboxylic acids is 1. The maximum Gasteiger partial charge on any atom is 0.120 e. The summed E-state index contributed by atoms with van der Waals surface area (Å²) in [6.07, 6.45) is 8.31. The van der Waals surface area contributed by atoms with Crippen LogP contribution in [0.2, 0.25) is 0 Å². The third kappa shape index (κ3) is 1.74. The normalized spacial score (nSPS) is 40.5. The van der Waals surface area contributed by atoms with Crippen molar-refractivity contribution in [2.75, 3.05) is 0 Å². The standard InChI is InChI=1S/C15H24O/c1-11-5-4-9-15(3)13(11)6-7-14(15)12(2)8-10-16/h10,12-14H,1,4-9H2,2-3H3/t12-,13-,14+,15-/m0/s1. The van der Waals surface area contributed by atoms with Gasteiger partial charge in [0.15, 0.2) is 0 Å². The van der Waals surface area contributed by atoms with E-state index in [0.29, 0.717) is 11.3 Å². The van der Waals surface area contributed by atoms with Gasteiger partial charge in [0, 0.05) is 6.42 Å². The second kappa shape index (κ2) is 4.35. The molecular formula is C15H24O. The Balaban J connectivity index is 2.17. The second-order valence-corrected chi connectivity index (χ2v) is 6.13. The van der Waals surface area contributed by atoms with Crippen LogP contribution in [-0.2, 0) is 4.79 Å². The van der Waals surface area contributed by atoms with Crippen LogP contribution in [0.25, 0.3) is 0 Å². The number of rotatable bonds is 3. The second-order valence-electron chi connectivity index (χ2n) is 6.13. The van der Waals surface area contributed by atoms with Gasteiger partial charge in [-0.1, -0.05) is 26.0 Å². The third-order valence-corrected chi connectivity index (χ3v) is 5.27. The van der Waals surface area contributed by atoms with Crippen LogP contribution >= 0.6 is 0 Å². The molecule has 0 unspecified atom stereocenters. The fraction of sp³-hybridized carbons (Fsp3) is 0.800. The van der Waals surface area contributed by atoms with Gasteiger partial charge in [-0.25, -0.2) is 0 Å². The van der Waals surface area contributed by atoms with Crippen molar-refractivity contribution in [3.05, 3.63) is 12.2 Å². The Hall–Kier alpha value is -0.590. The minimum atomic E-state index is 0.442. The van der Waals surface area contributed by atoms with Gasteiger partial charge in [0.1, 0.15) is 6.29 Å². The number of carbonyl (C=O) groups is 1. The molecule has 4 atom stereocenters. The molecule has 0 N–H and O–H groups in total. The van der Waals surface area contributed by atoms with Gasteiger partial charge in [0.05, 0.1) is 0 Å². The summed E-state index contributed by atoms with van der Waals surface area (Å²) < 4.78 is 0. The molecule has 90 valence electrons. The van der Waals surface area contributed by atoms with Gasteiger partial charge in [0.25, 0.3) is 0 Å². The highest BCUT2D eigenvalue weighted by molar-refractivity contribution is 5.49. The predicted octanol–water partition coefficient (Wildman–Crippen LogP) is 3.98. The largest absolute Gasteiger partial charge is 0.303 e. The van der Waals surface area contributed by atoms with Gasteiger partial charge in [0.2, 0.25) is 0 Å². The highest BCUT2D eigenvalue weighted by atomic mass is 16.1. The SMILES string of the molecule is C=C1CCC[C@]2(C)[C@@H]([C@@H](C)CC=O)CC[C@@H]12. The molecule has 0 aromatic heterocycles. The Kier molecular flexibility index (Phi) is 3.23. The Morgan fingerprint density at radius 2 is 2.31 bits per heavy atom. The lowest BCUT2D eigenvalue weighted by Gasteiger charge is -2.43. The molecule has 2 aliphatic carbocycles. The highest BCUT2D eigenvalue weighted by Crippen LogP contribution is 2.59. The summed E-state index contributed by atoms with van der Waals surface area (Å²) in [5.41, 5.74) is 1.92. The van der Waals surface area contributed by atoms with Gasteiger partial charge in [-0.2, -0.15) is 0 Å². The molecule has 2 fully saturated rings. The van der Waals surface area contributed by atoms with Crippen molar-refractivity contribution in [1.29, 1.82) is 0 Å². The molecule has 16 heavy (non-hydrogen) atoms. The fourth-order valence-electron chi connectivity index (χ4n) is 4.42. The topological polar surface area (TPSA) is 17.1 Å². The lowest BCUT2D eigenvalue weighted by molar-refractivity contribution is -0.109. The minimum absolute atomic E-state index is 0.442. The summed E-state index contributed by atoms with van der Waals surface area (Å²) in [5, 5.41) is 0. The number of aldehydes is 1. The van der Waals surface area contributed by atoms with E-state index in [1.807, 2.05) is 0 Å². The molecule has 2 rings (SSSR count). The molecule has 0 aromatic rings. The van der Waals surface area contributed by atoms with Crippen LogP contribution in [0.15, 0.2) is 12.2 Å². The zero-order chi connectivity index (χ0) is 11.8. The van der Waals surface area contributed by atoms with Crippen LogP contribution in [0.5, 0.6) is 0 Å². The van der Waals surface area contributed by atoms with E-state index in [4.69, 9.17) is 0 Å². The molecule has 0 saturated heterocycles. The summed E-state index contributed by atoms with van der Waals surface area (Å²) >= 11 is 0. The summed E-state index contributed by atoms with van der Waals surface area (Å²) in [6.45, 7) is 8.97. The number of hydrogen-bond acceptors (Lipinski definition) is 1. The molecule has 2 aliphatic rings. The lowest BCUT2D eigenvalue weighted by Crippen LogP contribution is -2.35. The Bertz CT molecular complexity index is 294. The molecule has 0 bridgehead atoms. The van der Waals surface area contributed by atoms with Crippen molar-refractivity contribution in [3.8, 4) is 0 Å². The smallest absolute Gasteiger partial charge is 0.120 e. The van der Waals surface area contributed by atoms with Crippen molar-refractivity contribution in [2.24, 2.45) is 23.2 Å². The molecule has 1 heteroatoms. The summed E-state index contributed by atoms with van der Waals surface area (Å²) in [4.78, 5) is 10.7. The first-order valence-corrected chi connectivity index (χ1v) is 6.71. The van der Waals surface area contributed by atoms with Crippen LogP contribution < -0.4 is 0 Å². The molecule has 0 aromatic carbocycles. The van der Waals surface area contributed by atoms with E-state index in [1.165, 1.54) is 37.7 Å². The molecule has 1 nitrogen and oxygen atoms in total. The molecule has 0 heterocycles. The van der Waals surface area contributed by atoms with Crippen molar-refractivity contribution in [1.82, 2.24) is 0 Å². The van der Waals surface area contributed by atoms with Gasteiger partial charge in [-0.3, -0.25) is 0 Å². The van der Waals surface area contributed by atoms with Crippen molar-refractivity contribution >= 4 is 6.29 Å². The monoisotopic (exact) mass is 220 g/mol. The van der Waals surface area contributed by atoms with E-state index < -0.39 is 0 Å². The first-order valence-electron chi connectivity index (χ1n) is 6.71. The molecule has 0 spiro atoms. The summed E-state index contributed by atoms with van der Waals surface area (Å²) in [7, 11) is 0. The number of fused-ring (bicyclic) bond motifs is 1. The van der Waals surface area contributed by atoms with E-state index in [1.54, 1.807) is 0 Å². The van der Waals surface area contributed by atoms with E-state index in [2.05, 4.69) is 20.4 Å². The van der Waals surface area contributed by atoms with Crippen molar-refractivity contribution in [3.63, 3.8) is 0 Å². The number of allylic oxidation sites excluding steroid dienone is 1.